The number of carbonyl (C=O) groups excluding carboxylic acids is 2. The van der Waals surface area contributed by atoms with Crippen molar-refractivity contribution in [3.63, 3.8) is 0 Å². The molecule has 4 nitrogen and oxygen atoms in total. The normalized spacial score (nSPS) is 21.7. The van der Waals surface area contributed by atoms with E-state index in [-0.39, 0.29) is 11.7 Å². The Morgan fingerprint density at radius 1 is 1.24 bits per heavy atom. The molecular formula is C15H18BrFN2O2. The summed E-state index contributed by atoms with van der Waals surface area (Å²) in [6, 6.07) is 4.26. The number of amides is 2. The third kappa shape index (κ3) is 4.27. The summed E-state index contributed by atoms with van der Waals surface area (Å²) in [6.45, 7) is 2.07. The first kappa shape index (κ1) is 15.9. The van der Waals surface area contributed by atoms with Crippen molar-refractivity contribution in [2.45, 2.75) is 38.6 Å². The fraction of sp³-hybridized carbons (Fsp3) is 0.467. The summed E-state index contributed by atoms with van der Waals surface area (Å²) in [5.41, 5.74) is -0.00459. The van der Waals surface area contributed by atoms with Crippen LogP contribution in [-0.4, -0.2) is 17.9 Å². The minimum absolute atomic E-state index is 0.00459. The zero-order valence-electron chi connectivity index (χ0n) is 11.8. The summed E-state index contributed by atoms with van der Waals surface area (Å²) in [7, 11) is 0. The minimum Gasteiger partial charge on any atom is -0.345 e. The Hall–Kier alpha value is -1.43. The molecule has 6 heteroatoms. The monoisotopic (exact) mass is 356 g/mol. The molecule has 21 heavy (non-hydrogen) atoms. The van der Waals surface area contributed by atoms with Crippen molar-refractivity contribution in [1.29, 1.82) is 0 Å². The van der Waals surface area contributed by atoms with Crippen molar-refractivity contribution in [2.75, 3.05) is 5.32 Å². The van der Waals surface area contributed by atoms with E-state index >= 15 is 0 Å². The molecule has 0 aromatic heterocycles. The molecule has 0 bridgehead atoms. The Morgan fingerprint density at radius 3 is 2.62 bits per heavy atom. The maximum absolute atomic E-state index is 13.6. The molecular weight excluding hydrogens is 339 g/mol. The first-order valence-corrected chi connectivity index (χ1v) is 7.83. The van der Waals surface area contributed by atoms with E-state index in [1.807, 2.05) is 0 Å². The van der Waals surface area contributed by atoms with Gasteiger partial charge in [0.25, 0.3) is 0 Å². The van der Waals surface area contributed by atoms with Crippen LogP contribution in [0.1, 0.15) is 32.6 Å². The Labute approximate surface area is 131 Å². The third-order valence-corrected chi connectivity index (χ3v) is 4.31. The number of nitrogens with one attached hydrogen (secondary N) is 2. The molecule has 0 spiro atoms. The van der Waals surface area contributed by atoms with Gasteiger partial charge in [0, 0.05) is 10.5 Å². The van der Waals surface area contributed by atoms with Crippen molar-refractivity contribution in [1.82, 2.24) is 5.32 Å². The van der Waals surface area contributed by atoms with E-state index in [9.17, 15) is 14.0 Å². The van der Waals surface area contributed by atoms with Gasteiger partial charge >= 0.3 is 11.8 Å². The minimum atomic E-state index is -0.839. The maximum Gasteiger partial charge on any atom is 0.313 e. The second kappa shape index (κ2) is 7.02. The predicted octanol–water partition coefficient (Wildman–Crippen LogP) is 3.22. The van der Waals surface area contributed by atoms with Gasteiger partial charge in [-0.2, -0.15) is 0 Å². The molecule has 2 amide bonds. The molecule has 1 aliphatic carbocycles. The lowest BCUT2D eigenvalue weighted by molar-refractivity contribution is -0.137. The highest BCUT2D eigenvalue weighted by Gasteiger charge is 2.25. The molecule has 2 rings (SSSR count). The molecule has 2 atom stereocenters. The highest BCUT2D eigenvalue weighted by Crippen LogP contribution is 2.24. The van der Waals surface area contributed by atoms with Crippen molar-refractivity contribution in [2.24, 2.45) is 5.92 Å². The number of carbonyl (C=O) groups is 2. The number of hydrogen-bond acceptors (Lipinski definition) is 2. The van der Waals surface area contributed by atoms with Crippen molar-refractivity contribution in [3.05, 3.63) is 28.5 Å². The number of benzene rings is 1. The maximum atomic E-state index is 13.6. The number of halogens is 2. The van der Waals surface area contributed by atoms with Gasteiger partial charge in [0.15, 0.2) is 0 Å². The summed E-state index contributed by atoms with van der Waals surface area (Å²) >= 11 is 3.13. The Kier molecular flexibility index (Phi) is 5.33. The zero-order valence-corrected chi connectivity index (χ0v) is 13.4. The summed E-state index contributed by atoms with van der Waals surface area (Å²) < 4.78 is 14.2. The fourth-order valence-corrected chi connectivity index (χ4v) is 2.87. The van der Waals surface area contributed by atoms with Gasteiger partial charge in [-0.15, -0.1) is 0 Å². The number of hydrogen-bond donors (Lipinski definition) is 2. The van der Waals surface area contributed by atoms with Gasteiger partial charge in [-0.25, -0.2) is 4.39 Å². The van der Waals surface area contributed by atoms with Gasteiger partial charge in [0.2, 0.25) is 0 Å². The average Bonchev–Trinajstić information content (AvgIpc) is 2.44. The van der Waals surface area contributed by atoms with E-state index in [0.29, 0.717) is 10.4 Å². The molecule has 0 saturated heterocycles. The SMILES string of the molecule is C[C@@H]1CCCC[C@@H]1NC(=O)C(=O)Nc1ccc(Br)cc1F. The van der Waals surface area contributed by atoms with Crippen molar-refractivity contribution in [3.8, 4) is 0 Å². The van der Waals surface area contributed by atoms with E-state index in [0.717, 1.165) is 25.7 Å². The molecule has 1 aromatic carbocycles. The molecule has 0 heterocycles. The fourth-order valence-electron chi connectivity index (χ4n) is 2.53. The van der Waals surface area contributed by atoms with Crippen molar-refractivity contribution < 1.29 is 14.0 Å². The molecule has 0 radical (unpaired) electrons. The van der Waals surface area contributed by atoms with E-state index in [2.05, 4.69) is 33.5 Å². The highest BCUT2D eigenvalue weighted by atomic mass is 79.9. The van der Waals surface area contributed by atoms with Gasteiger partial charge in [0.1, 0.15) is 5.82 Å². The molecule has 2 N–H and O–H groups in total. The largest absolute Gasteiger partial charge is 0.345 e. The van der Waals surface area contributed by atoms with Crippen molar-refractivity contribution >= 4 is 33.4 Å². The topological polar surface area (TPSA) is 58.2 Å². The van der Waals surface area contributed by atoms with Crippen LogP contribution < -0.4 is 10.6 Å². The van der Waals surface area contributed by atoms with Gasteiger partial charge in [0.05, 0.1) is 5.69 Å². The van der Waals surface area contributed by atoms with Crippen LogP contribution in [0.15, 0.2) is 22.7 Å². The summed E-state index contributed by atoms with van der Waals surface area (Å²) in [6.07, 6.45) is 4.14. The van der Waals surface area contributed by atoms with Gasteiger partial charge < -0.3 is 10.6 Å². The van der Waals surface area contributed by atoms with E-state index in [1.165, 1.54) is 12.1 Å². The van der Waals surface area contributed by atoms with Gasteiger partial charge in [-0.1, -0.05) is 35.7 Å². The standard InChI is InChI=1S/C15H18BrFN2O2/c1-9-4-2-3-5-12(9)18-14(20)15(21)19-13-7-6-10(16)8-11(13)17/h6-9,12H,2-5H2,1H3,(H,18,20)(H,19,21)/t9-,12+/m1/s1. The second-order valence-electron chi connectivity index (χ2n) is 5.42. The predicted molar refractivity (Wildman–Crippen MR) is 82.3 cm³/mol. The number of rotatable bonds is 2. The van der Waals surface area contributed by atoms with Crippen LogP contribution in [0.25, 0.3) is 0 Å². The summed E-state index contributed by atoms with van der Waals surface area (Å²) in [4.78, 5) is 23.7. The van der Waals surface area contributed by atoms with Crippen LogP contribution in [0.4, 0.5) is 10.1 Å². The lowest BCUT2D eigenvalue weighted by Crippen LogP contribution is -2.45. The van der Waals surface area contributed by atoms with Crippen LogP contribution in [0.2, 0.25) is 0 Å². The molecule has 0 aliphatic heterocycles. The van der Waals surface area contributed by atoms with Crippen LogP contribution in [-0.2, 0) is 9.59 Å². The lowest BCUT2D eigenvalue weighted by Gasteiger charge is -2.29. The lowest BCUT2D eigenvalue weighted by atomic mass is 9.86. The quantitative estimate of drug-likeness (QED) is 0.799. The van der Waals surface area contributed by atoms with E-state index in [1.54, 1.807) is 6.07 Å². The first-order valence-electron chi connectivity index (χ1n) is 7.04. The van der Waals surface area contributed by atoms with Gasteiger partial charge in [-0.05, 0) is 37.0 Å². The second-order valence-corrected chi connectivity index (χ2v) is 6.34. The molecule has 0 unspecified atom stereocenters. The Morgan fingerprint density at radius 2 is 1.95 bits per heavy atom. The smallest absolute Gasteiger partial charge is 0.313 e. The van der Waals surface area contributed by atoms with Crippen LogP contribution in [0.3, 0.4) is 0 Å². The van der Waals surface area contributed by atoms with Crippen LogP contribution in [0.5, 0.6) is 0 Å². The van der Waals surface area contributed by atoms with E-state index < -0.39 is 17.6 Å². The summed E-state index contributed by atoms with van der Waals surface area (Å²) in [5.74, 6) is -1.78. The molecule has 114 valence electrons. The van der Waals surface area contributed by atoms with Crippen LogP contribution >= 0.6 is 15.9 Å². The third-order valence-electron chi connectivity index (χ3n) is 3.81. The average molecular weight is 357 g/mol. The molecule has 1 aliphatic rings. The Balaban J connectivity index is 1.94. The molecule has 1 saturated carbocycles. The first-order chi connectivity index (χ1) is 9.97. The molecule has 1 aromatic rings. The summed E-state index contributed by atoms with van der Waals surface area (Å²) in [5, 5.41) is 5.03. The zero-order chi connectivity index (χ0) is 15.4. The van der Waals surface area contributed by atoms with E-state index in [4.69, 9.17) is 0 Å². The number of anilines is 1. The van der Waals surface area contributed by atoms with Gasteiger partial charge in [-0.3, -0.25) is 9.59 Å². The highest BCUT2D eigenvalue weighted by molar-refractivity contribution is 9.10. The van der Waals surface area contributed by atoms with Crippen LogP contribution in [0, 0.1) is 11.7 Å². The molecule has 1 fully saturated rings. The Bertz CT molecular complexity index is 550.